The molecule has 0 radical (unpaired) electrons. The molecule has 0 atom stereocenters. The predicted octanol–water partition coefficient (Wildman–Crippen LogP) is 5.47. The van der Waals surface area contributed by atoms with Gasteiger partial charge in [0.25, 0.3) is 5.56 Å². The molecule has 0 aliphatic carbocycles. The summed E-state index contributed by atoms with van der Waals surface area (Å²) in [5, 5.41) is 0.624. The minimum Gasteiger partial charge on any atom is -0.268 e. The molecule has 0 amide bonds. The number of hydrogen-bond acceptors (Lipinski definition) is 2. The van der Waals surface area contributed by atoms with Gasteiger partial charge in [-0.3, -0.25) is 9.36 Å². The molecule has 27 heavy (non-hydrogen) atoms. The number of benzene rings is 3. The molecule has 0 saturated heterocycles. The Kier molecular flexibility index (Phi) is 4.90. The van der Waals surface area contributed by atoms with Gasteiger partial charge in [0.1, 0.15) is 5.82 Å². The first-order valence-electron chi connectivity index (χ1n) is 8.65. The van der Waals surface area contributed by atoms with Crippen LogP contribution in [0.25, 0.3) is 28.7 Å². The summed E-state index contributed by atoms with van der Waals surface area (Å²) in [6, 6.07) is 23.5. The molecule has 0 bridgehead atoms. The third-order valence-electron chi connectivity index (χ3n) is 4.47. The predicted molar refractivity (Wildman–Crippen MR) is 120 cm³/mol. The molecule has 0 aliphatic heterocycles. The SMILES string of the molecule is Cc1ccccc1/C=C/c1nc2ccc(I)cc2c(=O)n1-c1ccccc1. The molecule has 4 aromatic rings. The third kappa shape index (κ3) is 3.57. The minimum absolute atomic E-state index is 0.0610. The number of fused-ring (bicyclic) bond motifs is 1. The highest BCUT2D eigenvalue weighted by molar-refractivity contribution is 14.1. The maximum atomic E-state index is 13.3. The summed E-state index contributed by atoms with van der Waals surface area (Å²) in [6.45, 7) is 2.07. The van der Waals surface area contributed by atoms with Crippen molar-refractivity contribution in [3.8, 4) is 5.69 Å². The number of aromatic nitrogens is 2. The summed E-state index contributed by atoms with van der Waals surface area (Å²) in [6.07, 6.45) is 3.92. The fourth-order valence-electron chi connectivity index (χ4n) is 3.05. The molecule has 132 valence electrons. The van der Waals surface area contributed by atoms with Crippen LogP contribution in [0, 0.1) is 10.5 Å². The standard InChI is InChI=1S/C23H17IN2O/c1-16-7-5-6-8-17(16)11-14-22-25-21-13-12-18(24)15-20(21)23(27)26(22)19-9-3-2-4-10-19/h2-15H,1H3/b14-11+. The number of halogens is 1. The molecule has 3 nitrogen and oxygen atoms in total. The van der Waals surface area contributed by atoms with Gasteiger partial charge in [-0.25, -0.2) is 4.98 Å². The second-order valence-electron chi connectivity index (χ2n) is 6.30. The zero-order chi connectivity index (χ0) is 18.8. The van der Waals surface area contributed by atoms with Crippen LogP contribution in [0.1, 0.15) is 17.0 Å². The van der Waals surface area contributed by atoms with Crippen molar-refractivity contribution in [2.45, 2.75) is 6.92 Å². The van der Waals surface area contributed by atoms with Gasteiger partial charge in [0.15, 0.2) is 0 Å². The van der Waals surface area contributed by atoms with E-state index in [4.69, 9.17) is 4.98 Å². The van der Waals surface area contributed by atoms with Crippen LogP contribution in [0.2, 0.25) is 0 Å². The molecule has 1 heterocycles. The summed E-state index contributed by atoms with van der Waals surface area (Å²) >= 11 is 2.22. The summed E-state index contributed by atoms with van der Waals surface area (Å²) in [5.74, 6) is 0.614. The van der Waals surface area contributed by atoms with Crippen LogP contribution in [0.5, 0.6) is 0 Å². The normalized spacial score (nSPS) is 11.3. The molecule has 0 aliphatic rings. The van der Waals surface area contributed by atoms with Crippen LogP contribution >= 0.6 is 22.6 Å². The van der Waals surface area contributed by atoms with Crippen LogP contribution in [0.15, 0.2) is 77.6 Å². The van der Waals surface area contributed by atoms with E-state index in [2.05, 4.69) is 41.6 Å². The average molecular weight is 464 g/mol. The Balaban J connectivity index is 1.97. The molecule has 4 rings (SSSR count). The van der Waals surface area contributed by atoms with Crippen molar-refractivity contribution in [2.75, 3.05) is 0 Å². The highest BCUT2D eigenvalue weighted by atomic mass is 127. The summed E-state index contributed by atoms with van der Waals surface area (Å²) in [4.78, 5) is 18.0. The molecule has 0 unspecified atom stereocenters. The Morgan fingerprint density at radius 3 is 2.44 bits per heavy atom. The van der Waals surface area contributed by atoms with Crippen LogP contribution in [0.4, 0.5) is 0 Å². The second-order valence-corrected chi connectivity index (χ2v) is 7.54. The topological polar surface area (TPSA) is 34.9 Å². The lowest BCUT2D eigenvalue weighted by atomic mass is 10.1. The number of rotatable bonds is 3. The third-order valence-corrected chi connectivity index (χ3v) is 5.14. The van der Waals surface area contributed by atoms with Crippen LogP contribution < -0.4 is 5.56 Å². The van der Waals surface area contributed by atoms with Crippen molar-refractivity contribution in [3.63, 3.8) is 0 Å². The lowest BCUT2D eigenvalue weighted by Crippen LogP contribution is -2.22. The maximum Gasteiger partial charge on any atom is 0.266 e. The summed E-state index contributed by atoms with van der Waals surface area (Å²) in [5.41, 5.74) is 3.73. The zero-order valence-electron chi connectivity index (χ0n) is 14.8. The Labute approximate surface area is 171 Å². The van der Waals surface area contributed by atoms with Crippen molar-refractivity contribution in [3.05, 3.63) is 104 Å². The average Bonchev–Trinajstić information content (AvgIpc) is 2.69. The van der Waals surface area contributed by atoms with Crippen molar-refractivity contribution in [2.24, 2.45) is 0 Å². The lowest BCUT2D eigenvalue weighted by molar-refractivity contribution is 0.944. The van der Waals surface area contributed by atoms with Gasteiger partial charge in [0.05, 0.1) is 16.6 Å². The first-order chi connectivity index (χ1) is 13.1. The van der Waals surface area contributed by atoms with E-state index in [1.54, 1.807) is 4.57 Å². The van der Waals surface area contributed by atoms with Gasteiger partial charge in [0.2, 0.25) is 0 Å². The Morgan fingerprint density at radius 1 is 0.926 bits per heavy atom. The second kappa shape index (κ2) is 7.48. The fourth-order valence-corrected chi connectivity index (χ4v) is 3.54. The smallest absolute Gasteiger partial charge is 0.266 e. The summed E-state index contributed by atoms with van der Waals surface area (Å²) in [7, 11) is 0. The van der Waals surface area contributed by atoms with Crippen LogP contribution in [-0.2, 0) is 0 Å². The van der Waals surface area contributed by atoms with Crippen LogP contribution in [0.3, 0.4) is 0 Å². The Bertz CT molecular complexity index is 1210. The van der Waals surface area contributed by atoms with E-state index in [1.807, 2.05) is 72.8 Å². The maximum absolute atomic E-state index is 13.3. The van der Waals surface area contributed by atoms with E-state index < -0.39 is 0 Å². The van der Waals surface area contributed by atoms with Crippen molar-refractivity contribution in [1.29, 1.82) is 0 Å². The molecular formula is C23H17IN2O. The first kappa shape index (κ1) is 17.7. The van der Waals surface area contributed by atoms with Gasteiger partial charge < -0.3 is 0 Å². The van der Waals surface area contributed by atoms with E-state index in [0.717, 1.165) is 14.8 Å². The highest BCUT2D eigenvalue weighted by Crippen LogP contribution is 2.18. The molecular weight excluding hydrogens is 447 g/mol. The van der Waals surface area contributed by atoms with Gasteiger partial charge in [-0.05, 0) is 77.0 Å². The Hall–Kier alpha value is -2.73. The number of nitrogens with zero attached hydrogens (tertiary/aromatic N) is 2. The van der Waals surface area contributed by atoms with Crippen LogP contribution in [-0.4, -0.2) is 9.55 Å². The molecule has 1 aromatic heterocycles. The van der Waals surface area contributed by atoms with E-state index >= 15 is 0 Å². The van der Waals surface area contributed by atoms with Gasteiger partial charge in [-0.1, -0.05) is 48.5 Å². The monoisotopic (exact) mass is 464 g/mol. The zero-order valence-corrected chi connectivity index (χ0v) is 16.9. The largest absolute Gasteiger partial charge is 0.268 e. The number of hydrogen-bond donors (Lipinski definition) is 0. The van der Waals surface area contributed by atoms with Gasteiger partial charge in [0, 0.05) is 3.57 Å². The van der Waals surface area contributed by atoms with E-state index in [-0.39, 0.29) is 5.56 Å². The molecule has 0 spiro atoms. The van der Waals surface area contributed by atoms with Gasteiger partial charge in [-0.2, -0.15) is 0 Å². The van der Waals surface area contributed by atoms with Crippen molar-refractivity contribution in [1.82, 2.24) is 9.55 Å². The minimum atomic E-state index is -0.0610. The van der Waals surface area contributed by atoms with Crippen molar-refractivity contribution < 1.29 is 0 Å². The van der Waals surface area contributed by atoms with Gasteiger partial charge in [-0.15, -0.1) is 0 Å². The molecule has 3 aromatic carbocycles. The molecule has 0 saturated carbocycles. The first-order valence-corrected chi connectivity index (χ1v) is 9.73. The molecule has 0 N–H and O–H groups in total. The number of para-hydroxylation sites is 1. The number of aryl methyl sites for hydroxylation is 1. The molecule has 4 heteroatoms. The molecule has 0 fully saturated rings. The van der Waals surface area contributed by atoms with Gasteiger partial charge >= 0.3 is 0 Å². The Morgan fingerprint density at radius 2 is 1.67 bits per heavy atom. The highest BCUT2D eigenvalue weighted by Gasteiger charge is 2.11. The quantitative estimate of drug-likeness (QED) is 0.377. The van der Waals surface area contributed by atoms with E-state index in [9.17, 15) is 4.79 Å². The van der Waals surface area contributed by atoms with E-state index in [1.165, 1.54) is 5.56 Å². The van der Waals surface area contributed by atoms with E-state index in [0.29, 0.717) is 16.7 Å². The fraction of sp³-hybridized carbons (Fsp3) is 0.0435. The summed E-state index contributed by atoms with van der Waals surface area (Å²) < 4.78 is 2.69. The lowest BCUT2D eigenvalue weighted by Gasteiger charge is -2.11. The van der Waals surface area contributed by atoms with Crippen molar-refractivity contribution >= 4 is 45.6 Å².